The summed E-state index contributed by atoms with van der Waals surface area (Å²) < 4.78 is 13.2. The van der Waals surface area contributed by atoms with Crippen molar-refractivity contribution in [1.29, 1.82) is 0 Å². The van der Waals surface area contributed by atoms with Gasteiger partial charge in [-0.1, -0.05) is 112 Å². The zero-order valence-corrected chi connectivity index (χ0v) is 46.2. The molecule has 3 aliphatic rings. The number of ether oxygens (including phenoxy) is 2. The summed E-state index contributed by atoms with van der Waals surface area (Å²) in [7, 11) is 1.57. The molecule has 6 N–H and O–H groups in total. The summed E-state index contributed by atoms with van der Waals surface area (Å²) in [6.45, 7) is 7.95. The van der Waals surface area contributed by atoms with E-state index in [0.717, 1.165) is 54.4 Å². The number of ketones is 2. The van der Waals surface area contributed by atoms with E-state index in [1.54, 1.807) is 46.1 Å². The number of Topliss-reactive ketones (excluding diaryl/α,β-unsaturated/α-hetero) is 2. The van der Waals surface area contributed by atoms with Crippen LogP contribution in [0.3, 0.4) is 0 Å². The predicted octanol–water partition coefficient (Wildman–Crippen LogP) is 9.25. The van der Waals surface area contributed by atoms with Gasteiger partial charge in [-0.3, -0.25) is 38.4 Å². The van der Waals surface area contributed by atoms with Crippen LogP contribution in [0, 0.1) is 11.8 Å². The fourth-order valence-electron chi connectivity index (χ4n) is 11.5. The van der Waals surface area contributed by atoms with E-state index in [1.165, 1.54) is 9.47 Å². The smallest absolute Gasteiger partial charge is 0.419 e. The zero-order valence-electron chi connectivity index (χ0n) is 46.2. The van der Waals surface area contributed by atoms with E-state index in [4.69, 9.17) is 15.2 Å². The first-order valence-corrected chi connectivity index (χ1v) is 28.2. The van der Waals surface area contributed by atoms with Crippen LogP contribution >= 0.6 is 0 Å². The first-order valence-electron chi connectivity index (χ1n) is 28.2. The van der Waals surface area contributed by atoms with Crippen LogP contribution in [0.15, 0.2) is 84.0 Å². The van der Waals surface area contributed by atoms with Crippen LogP contribution in [0.4, 0.5) is 9.59 Å². The maximum absolute atomic E-state index is 15.2. The van der Waals surface area contributed by atoms with E-state index in [9.17, 15) is 29.1 Å². The molecule has 17 heteroatoms. The lowest BCUT2D eigenvalue weighted by atomic mass is 9.82. The molecule has 0 spiro atoms. The van der Waals surface area contributed by atoms with Gasteiger partial charge in [0.15, 0.2) is 11.6 Å². The molecule has 1 saturated carbocycles. The number of amides is 3. The lowest BCUT2D eigenvalue weighted by molar-refractivity contribution is -0.139. The fourth-order valence-corrected chi connectivity index (χ4v) is 11.5. The number of aromatic nitrogens is 1. The van der Waals surface area contributed by atoms with Crippen molar-refractivity contribution in [3.63, 3.8) is 0 Å². The summed E-state index contributed by atoms with van der Waals surface area (Å²) in [5, 5.41) is 19.1. The normalized spacial score (nSPS) is 17.4. The maximum Gasteiger partial charge on any atom is 0.419 e. The first kappa shape index (κ1) is 58.8. The van der Waals surface area contributed by atoms with Gasteiger partial charge < -0.3 is 36.3 Å². The molecule has 0 bridgehead atoms. The van der Waals surface area contributed by atoms with Gasteiger partial charge in [0.25, 0.3) is 0 Å². The lowest BCUT2D eigenvalue weighted by Gasteiger charge is -2.30. The number of fused-ring (bicyclic) bond motifs is 4. The minimum atomic E-state index is -1.07. The Bertz CT molecular complexity index is 2750. The van der Waals surface area contributed by atoms with E-state index in [-0.39, 0.29) is 55.7 Å². The highest BCUT2D eigenvalue weighted by Crippen LogP contribution is 2.44. The van der Waals surface area contributed by atoms with Gasteiger partial charge >= 0.3 is 18.2 Å². The molecule has 78 heavy (non-hydrogen) atoms. The number of likely N-dealkylation sites (tertiary alicyclic amines) is 1. The zero-order chi connectivity index (χ0) is 55.9. The number of likely N-dealkylation sites (N-methyl/N-ethyl adjacent to an activating group) is 1. The Morgan fingerprint density at radius 1 is 0.782 bits per heavy atom. The molecule has 3 amide bonds. The van der Waals surface area contributed by atoms with Gasteiger partial charge in [-0.2, -0.15) is 0 Å². The number of para-hydroxylation sites is 1. The van der Waals surface area contributed by atoms with Crippen LogP contribution in [-0.2, 0) is 39.9 Å². The summed E-state index contributed by atoms with van der Waals surface area (Å²) >= 11 is 0. The SMILES string of the molecule is CCC(N)=NCCC[C@H](NC(=O)[C@@H](CC(=O)[C@H](CC1CCCCC1)NC(=O)C1CCCN1C(=O)OCC1c2ccccc2-c2ccccc21)Cc1cn(C(=O)OC(C)(C)C)c2ccccc12)C(=O)CCCC[C@H](NC)C(=O)O. The Labute approximate surface area is 458 Å². The minimum Gasteiger partial charge on any atom is -0.480 e. The second-order valence-electron chi connectivity index (χ2n) is 22.4. The summed E-state index contributed by atoms with van der Waals surface area (Å²) in [6.07, 6.45) is 8.71. The van der Waals surface area contributed by atoms with Crippen molar-refractivity contribution < 1.29 is 48.1 Å². The van der Waals surface area contributed by atoms with Crippen molar-refractivity contribution in [2.75, 3.05) is 26.7 Å². The fraction of sp³-hybridized carbons (Fsp3) is 0.541. The molecule has 0 radical (unpaired) electrons. The molecule has 1 aromatic heterocycles. The molecule has 17 nitrogen and oxygen atoms in total. The number of hydrogen-bond acceptors (Lipinski definition) is 11. The van der Waals surface area contributed by atoms with Gasteiger partial charge in [-0.15, -0.1) is 0 Å². The van der Waals surface area contributed by atoms with E-state index in [1.807, 2.05) is 43.3 Å². The Kier molecular flexibility index (Phi) is 20.8. The Hall–Kier alpha value is -6.88. The maximum atomic E-state index is 15.2. The Morgan fingerprint density at radius 3 is 2.12 bits per heavy atom. The summed E-state index contributed by atoms with van der Waals surface area (Å²) in [5.74, 6) is -3.21. The van der Waals surface area contributed by atoms with Gasteiger partial charge in [0.1, 0.15) is 24.3 Å². The number of aliphatic carboxylic acids is 1. The van der Waals surface area contributed by atoms with Crippen LogP contribution in [-0.4, -0.2) is 118 Å². The van der Waals surface area contributed by atoms with E-state index >= 15 is 9.59 Å². The summed E-state index contributed by atoms with van der Waals surface area (Å²) in [6, 6.07) is 19.8. The van der Waals surface area contributed by atoms with Crippen LogP contribution in [0.5, 0.6) is 0 Å². The highest BCUT2D eigenvalue weighted by atomic mass is 16.6. The molecule has 1 saturated heterocycles. The number of carbonyl (C=O) groups is 7. The van der Waals surface area contributed by atoms with E-state index < -0.39 is 65.7 Å². The van der Waals surface area contributed by atoms with Crippen LogP contribution < -0.4 is 21.7 Å². The van der Waals surface area contributed by atoms with Crippen molar-refractivity contribution >= 4 is 58.3 Å². The van der Waals surface area contributed by atoms with Gasteiger partial charge in [0.2, 0.25) is 11.8 Å². The molecular formula is C61H81N7O10. The number of nitrogens with zero attached hydrogens (tertiary/aromatic N) is 3. The monoisotopic (exact) mass is 1070 g/mol. The molecule has 4 aromatic rings. The van der Waals surface area contributed by atoms with Crippen LogP contribution in [0.1, 0.15) is 153 Å². The van der Waals surface area contributed by atoms with E-state index in [0.29, 0.717) is 86.8 Å². The minimum absolute atomic E-state index is 0.00496. The summed E-state index contributed by atoms with van der Waals surface area (Å²) in [4.78, 5) is 104. The number of unbranched alkanes of at least 4 members (excludes halogenated alkanes) is 1. The number of benzene rings is 3. The molecule has 1 unspecified atom stereocenters. The topological polar surface area (TPSA) is 241 Å². The van der Waals surface area contributed by atoms with E-state index in [2.05, 4.69) is 45.2 Å². The number of carboxylic acid groups (broad SMARTS) is 1. The standard InChI is InChI=1S/C61H81N7O10/c1-6-55(62)64-32-18-28-48(53(69)31-17-15-27-49(63-5)58(73)74)65-56(71)40(35-41-37-68(60(76)78-61(2,3)4)51-29-16-14-22-42(41)51)36-54(70)50(34-39-20-8-7-9-21-39)66-57(72)52-30-19-33-67(52)59(75)77-38-47-45-25-12-10-23-43(45)44-24-11-13-26-46(44)47/h10-14,16,22-26,29,37,39-40,47-50,52,63H,6-9,15,17-21,27-28,30-36,38H2,1-5H3,(H2,62,64)(H,65,71)(H,66,72)(H,73,74)/t40-,48+,49+,50+,52?/m1/s1. The molecule has 2 aliphatic carbocycles. The van der Waals surface area contributed by atoms with Crippen molar-refractivity contribution in [2.24, 2.45) is 22.6 Å². The second-order valence-corrected chi connectivity index (χ2v) is 22.4. The third kappa shape index (κ3) is 15.4. The largest absolute Gasteiger partial charge is 0.480 e. The molecule has 420 valence electrons. The first-order chi connectivity index (χ1) is 37.5. The third-order valence-corrected chi connectivity index (χ3v) is 15.6. The average Bonchev–Trinajstić information content (AvgIpc) is 4.20. The number of carbonyl (C=O) groups excluding carboxylic acids is 6. The van der Waals surface area contributed by atoms with Crippen molar-refractivity contribution in [2.45, 2.75) is 173 Å². The van der Waals surface area contributed by atoms with Gasteiger partial charge in [0.05, 0.1) is 23.4 Å². The molecule has 2 fully saturated rings. The molecular weight excluding hydrogens is 991 g/mol. The number of amidine groups is 1. The molecule has 3 aromatic carbocycles. The molecule has 5 atom stereocenters. The van der Waals surface area contributed by atoms with Crippen LogP contribution in [0.25, 0.3) is 22.0 Å². The second kappa shape index (κ2) is 27.6. The number of nitrogens with one attached hydrogen (secondary N) is 3. The molecule has 1 aliphatic heterocycles. The number of rotatable bonds is 26. The number of hydrogen-bond donors (Lipinski definition) is 5. The number of aliphatic imine (C=N–C) groups is 1. The third-order valence-electron chi connectivity index (χ3n) is 15.6. The molecule has 7 rings (SSSR count). The van der Waals surface area contributed by atoms with Gasteiger partial charge in [0, 0.05) is 55.8 Å². The summed E-state index contributed by atoms with van der Waals surface area (Å²) in [5.41, 5.74) is 10.7. The lowest BCUT2D eigenvalue weighted by Crippen LogP contribution is -2.52. The van der Waals surface area contributed by atoms with Gasteiger partial charge in [-0.25, -0.2) is 9.59 Å². The molecule has 2 heterocycles. The number of nitrogens with two attached hydrogens (primary N) is 1. The number of carboxylic acids is 1. The van der Waals surface area contributed by atoms with Crippen LogP contribution in [0.2, 0.25) is 0 Å². The van der Waals surface area contributed by atoms with Crippen molar-refractivity contribution in [3.8, 4) is 11.1 Å². The predicted molar refractivity (Wildman–Crippen MR) is 300 cm³/mol. The van der Waals surface area contributed by atoms with Crippen molar-refractivity contribution in [3.05, 3.63) is 95.7 Å². The highest BCUT2D eigenvalue weighted by Gasteiger charge is 2.40. The Balaban J connectivity index is 1.14. The highest BCUT2D eigenvalue weighted by molar-refractivity contribution is 5.97. The van der Waals surface area contributed by atoms with Crippen molar-refractivity contribution in [1.82, 2.24) is 25.4 Å². The average molecular weight is 1070 g/mol. The quantitative estimate of drug-likeness (QED) is 0.0225. The Morgan fingerprint density at radius 2 is 1.45 bits per heavy atom. The van der Waals surface area contributed by atoms with Gasteiger partial charge in [-0.05, 0) is 119 Å².